The van der Waals surface area contributed by atoms with Gasteiger partial charge >= 0.3 is 0 Å². The molecule has 3 aromatic rings. The second kappa shape index (κ2) is 14.0. The fourth-order valence-corrected chi connectivity index (χ4v) is 6.11. The van der Waals surface area contributed by atoms with E-state index >= 15 is 0 Å². The van der Waals surface area contributed by atoms with Crippen molar-refractivity contribution in [2.75, 3.05) is 66.3 Å². The maximum atomic E-state index is 13.5. The van der Waals surface area contributed by atoms with Crippen LogP contribution in [0.1, 0.15) is 36.8 Å². The smallest absolute Gasteiger partial charge is 0.194 e. The summed E-state index contributed by atoms with van der Waals surface area (Å²) in [6.45, 7) is 6.69. The van der Waals surface area contributed by atoms with E-state index in [1.54, 1.807) is 7.11 Å². The molecule has 2 saturated heterocycles. The number of hydrogen-bond acceptors (Lipinski definition) is 7. The summed E-state index contributed by atoms with van der Waals surface area (Å²) in [5.74, 6) is -3.23. The second-order valence-electron chi connectivity index (χ2n) is 11.4. The number of pyridine rings is 1. The Kier molecular flexibility index (Phi) is 10.2. The van der Waals surface area contributed by atoms with E-state index in [-0.39, 0.29) is 24.4 Å². The van der Waals surface area contributed by atoms with Gasteiger partial charge in [-0.15, -0.1) is 0 Å². The summed E-state index contributed by atoms with van der Waals surface area (Å²) in [5, 5.41) is 11.6. The van der Waals surface area contributed by atoms with Crippen molar-refractivity contribution in [3.63, 3.8) is 0 Å². The van der Waals surface area contributed by atoms with Gasteiger partial charge < -0.3 is 19.3 Å². The van der Waals surface area contributed by atoms with E-state index in [1.165, 1.54) is 11.1 Å². The first kappa shape index (κ1) is 30.5. The van der Waals surface area contributed by atoms with Gasteiger partial charge in [0.15, 0.2) is 17.5 Å². The molecular weight excluding hydrogens is 547 g/mol. The van der Waals surface area contributed by atoms with E-state index in [4.69, 9.17) is 19.2 Å². The largest absolute Gasteiger partial charge is 0.497 e. The first-order valence-electron chi connectivity index (χ1n) is 14.7. The van der Waals surface area contributed by atoms with E-state index in [0.717, 1.165) is 107 Å². The molecule has 2 aliphatic heterocycles. The highest BCUT2D eigenvalue weighted by Gasteiger charge is 2.33. The van der Waals surface area contributed by atoms with Crippen molar-refractivity contribution in [2.24, 2.45) is 5.41 Å². The van der Waals surface area contributed by atoms with Crippen molar-refractivity contribution in [3.8, 4) is 11.5 Å². The van der Waals surface area contributed by atoms with Crippen LogP contribution in [0.3, 0.4) is 0 Å². The lowest BCUT2D eigenvalue weighted by Gasteiger charge is -2.41. The minimum Gasteiger partial charge on any atom is -0.497 e. The highest BCUT2D eigenvalue weighted by molar-refractivity contribution is 5.84. The molecule has 42 heavy (non-hydrogen) atoms. The van der Waals surface area contributed by atoms with Gasteiger partial charge in [-0.05, 0) is 79.9 Å². The molecule has 2 aromatic carbocycles. The van der Waals surface area contributed by atoms with Crippen molar-refractivity contribution in [1.82, 2.24) is 14.8 Å². The lowest BCUT2D eigenvalue weighted by Crippen LogP contribution is -2.43. The van der Waals surface area contributed by atoms with Crippen molar-refractivity contribution >= 4 is 10.9 Å². The van der Waals surface area contributed by atoms with Gasteiger partial charge in [0.25, 0.3) is 0 Å². The van der Waals surface area contributed by atoms with E-state index in [9.17, 15) is 18.3 Å². The van der Waals surface area contributed by atoms with Crippen LogP contribution in [0.15, 0.2) is 36.5 Å². The van der Waals surface area contributed by atoms with Crippen LogP contribution < -0.4 is 9.47 Å². The summed E-state index contributed by atoms with van der Waals surface area (Å²) < 4.78 is 56.6. The minimum atomic E-state index is -1.50. The molecule has 0 saturated carbocycles. The molecule has 0 radical (unpaired) electrons. The number of piperidine rings is 1. The number of aliphatic hydroxyl groups excluding tert-OH is 1. The van der Waals surface area contributed by atoms with Gasteiger partial charge in [-0.25, -0.2) is 13.2 Å². The average Bonchev–Trinajstić information content (AvgIpc) is 3.01. The van der Waals surface area contributed by atoms with Gasteiger partial charge in [0, 0.05) is 56.5 Å². The number of ether oxygens (including phenoxy) is 3. The Hall–Kier alpha value is -2.92. The summed E-state index contributed by atoms with van der Waals surface area (Å²) in [4.78, 5) is 9.39. The average molecular weight is 588 g/mol. The quantitative estimate of drug-likeness (QED) is 0.300. The molecule has 2 aliphatic rings. The molecule has 1 N–H and O–H groups in total. The third-order valence-electron chi connectivity index (χ3n) is 8.79. The summed E-state index contributed by atoms with van der Waals surface area (Å²) in [5.41, 5.74) is 3.33. The number of rotatable bonds is 12. The number of aryl methyl sites for hydroxylation is 1. The summed E-state index contributed by atoms with van der Waals surface area (Å²) in [7, 11) is 1.68. The SMILES string of the molecule is COc1ccc2ncc(CN3CCOCC3)c(CCCC3(CO)CCN(CCOc4cc(F)c(F)c(F)c4)CC3)c2c1. The summed E-state index contributed by atoms with van der Waals surface area (Å²) in [6.07, 6.45) is 6.46. The molecule has 10 heteroatoms. The number of morpholine rings is 1. The second-order valence-corrected chi connectivity index (χ2v) is 11.4. The highest BCUT2D eigenvalue weighted by Crippen LogP contribution is 2.37. The predicted octanol–water partition coefficient (Wildman–Crippen LogP) is 4.97. The Bertz CT molecular complexity index is 1320. The van der Waals surface area contributed by atoms with Gasteiger partial charge in [-0.1, -0.05) is 0 Å². The third kappa shape index (κ3) is 7.34. The van der Waals surface area contributed by atoms with E-state index in [2.05, 4.69) is 15.9 Å². The zero-order valence-electron chi connectivity index (χ0n) is 24.2. The monoisotopic (exact) mass is 587 g/mol. The number of likely N-dealkylation sites (tertiary alicyclic amines) is 1. The summed E-state index contributed by atoms with van der Waals surface area (Å²) in [6, 6.07) is 7.75. The van der Waals surface area contributed by atoms with E-state index < -0.39 is 17.5 Å². The number of nitrogens with zero attached hydrogens (tertiary/aromatic N) is 3. The molecule has 0 bridgehead atoms. The third-order valence-corrected chi connectivity index (χ3v) is 8.79. The Labute approximate surface area is 245 Å². The standard InChI is InChI=1S/C32H40F3N3O4/c1-40-24-4-5-30-27(17-24)26(23(20-36-30)21-38-11-14-41-15-12-38)3-2-6-32(22-39)7-9-37(10-8-32)13-16-42-25-18-28(33)31(35)29(34)19-25/h4-5,17-20,39H,2-3,6-16,21-22H2,1H3. The molecule has 2 fully saturated rings. The van der Waals surface area contributed by atoms with Crippen LogP contribution in [0.2, 0.25) is 0 Å². The number of aliphatic hydroxyl groups is 1. The van der Waals surface area contributed by atoms with Crippen LogP contribution in [-0.2, 0) is 17.7 Å². The van der Waals surface area contributed by atoms with Gasteiger partial charge in [-0.3, -0.25) is 14.8 Å². The molecule has 3 heterocycles. The van der Waals surface area contributed by atoms with Crippen molar-refractivity contribution in [3.05, 3.63) is 65.1 Å². The van der Waals surface area contributed by atoms with Crippen LogP contribution in [0.5, 0.6) is 11.5 Å². The number of hydrogen-bond donors (Lipinski definition) is 1. The van der Waals surface area contributed by atoms with Gasteiger partial charge in [0.1, 0.15) is 18.1 Å². The number of benzene rings is 2. The molecule has 0 amide bonds. The van der Waals surface area contributed by atoms with Crippen LogP contribution in [0.4, 0.5) is 13.2 Å². The van der Waals surface area contributed by atoms with Crippen LogP contribution in [0.25, 0.3) is 10.9 Å². The van der Waals surface area contributed by atoms with Crippen LogP contribution >= 0.6 is 0 Å². The Morgan fingerprint density at radius 3 is 2.40 bits per heavy atom. The lowest BCUT2D eigenvalue weighted by atomic mass is 9.75. The normalized spacial score (nSPS) is 17.9. The molecular formula is C32H40F3N3O4. The Balaban J connectivity index is 1.18. The lowest BCUT2D eigenvalue weighted by molar-refractivity contribution is 0.0313. The van der Waals surface area contributed by atoms with Crippen molar-refractivity contribution in [2.45, 2.75) is 38.6 Å². The number of aromatic nitrogens is 1. The zero-order valence-corrected chi connectivity index (χ0v) is 24.2. The van der Waals surface area contributed by atoms with Crippen LogP contribution in [0, 0.1) is 22.9 Å². The predicted molar refractivity (Wildman–Crippen MR) is 154 cm³/mol. The van der Waals surface area contributed by atoms with E-state index in [0.29, 0.717) is 6.54 Å². The minimum absolute atomic E-state index is 0.0256. The van der Waals surface area contributed by atoms with Gasteiger partial charge in [0.2, 0.25) is 0 Å². The topological polar surface area (TPSA) is 67.3 Å². The van der Waals surface area contributed by atoms with Gasteiger partial charge in [0.05, 0.1) is 25.8 Å². The molecule has 228 valence electrons. The van der Waals surface area contributed by atoms with Crippen molar-refractivity contribution in [1.29, 1.82) is 0 Å². The highest BCUT2D eigenvalue weighted by atomic mass is 19.2. The maximum absolute atomic E-state index is 13.5. The fourth-order valence-electron chi connectivity index (χ4n) is 6.11. The van der Waals surface area contributed by atoms with E-state index in [1.807, 2.05) is 18.3 Å². The van der Waals surface area contributed by atoms with Gasteiger partial charge in [-0.2, -0.15) is 0 Å². The molecule has 5 rings (SSSR count). The first-order valence-corrected chi connectivity index (χ1v) is 14.7. The Morgan fingerprint density at radius 1 is 0.976 bits per heavy atom. The molecule has 0 atom stereocenters. The Morgan fingerprint density at radius 2 is 1.71 bits per heavy atom. The van der Waals surface area contributed by atoms with Crippen molar-refractivity contribution < 1.29 is 32.5 Å². The molecule has 7 nitrogen and oxygen atoms in total. The molecule has 0 spiro atoms. The number of halogens is 3. The summed E-state index contributed by atoms with van der Waals surface area (Å²) >= 11 is 0. The number of fused-ring (bicyclic) bond motifs is 1. The molecule has 1 aromatic heterocycles. The zero-order chi connectivity index (χ0) is 29.5. The fraction of sp³-hybridized carbons (Fsp3) is 0.531. The maximum Gasteiger partial charge on any atom is 0.194 e. The molecule has 0 aliphatic carbocycles. The van der Waals surface area contributed by atoms with Crippen LogP contribution in [-0.4, -0.2) is 86.2 Å². The number of methoxy groups -OCH3 is 1. The first-order chi connectivity index (χ1) is 20.4. The molecule has 0 unspecified atom stereocenters.